The van der Waals surface area contributed by atoms with Gasteiger partial charge in [-0.15, -0.1) is 22.7 Å². The Morgan fingerprint density at radius 3 is 0.912 bits per heavy atom. The second-order valence-electron chi connectivity index (χ2n) is 19.3. The van der Waals surface area contributed by atoms with E-state index in [0.29, 0.717) is 35.4 Å². The Kier molecular flexibility index (Phi) is 22.7. The summed E-state index contributed by atoms with van der Waals surface area (Å²) in [6.07, 6.45) is 35.5. The van der Waals surface area contributed by atoms with Crippen molar-refractivity contribution >= 4 is 45.9 Å². The van der Waals surface area contributed by atoms with Gasteiger partial charge in [0.1, 0.15) is 0 Å². The molecule has 0 atom stereocenters. The molecule has 8 heteroatoms. The van der Waals surface area contributed by atoms with Crippen molar-refractivity contribution in [3.8, 4) is 33.0 Å². The van der Waals surface area contributed by atoms with Gasteiger partial charge in [0, 0.05) is 22.8 Å². The minimum Gasteiger partial charge on any atom is -0.306 e. The van der Waals surface area contributed by atoms with E-state index in [9.17, 15) is 10.5 Å². The summed E-state index contributed by atoms with van der Waals surface area (Å²) < 4.78 is 0. The topological polar surface area (TPSA) is 88.2 Å². The number of hydrogen-bond donors (Lipinski definition) is 0. The summed E-state index contributed by atoms with van der Waals surface area (Å²) in [5.41, 5.74) is 5.84. The van der Waals surface area contributed by atoms with Gasteiger partial charge in [-0.25, -0.2) is 0 Å². The van der Waals surface area contributed by atoms with Crippen LogP contribution in [0.15, 0.2) is 83.9 Å². The lowest BCUT2D eigenvalue weighted by Gasteiger charge is -2.24. The molecule has 0 unspecified atom stereocenters. The summed E-state index contributed by atoms with van der Waals surface area (Å²) in [7, 11) is 0. The molecule has 0 fully saturated rings. The van der Waals surface area contributed by atoms with Crippen LogP contribution in [0.3, 0.4) is 0 Å². The van der Waals surface area contributed by atoms with Crippen LogP contribution in [0.1, 0.15) is 215 Å². The average Bonchev–Trinajstić information content (AvgIpc) is 4.17. The molecule has 4 aromatic rings. The van der Waals surface area contributed by atoms with Crippen LogP contribution in [0, 0.1) is 22.7 Å². The third kappa shape index (κ3) is 15.1. The molecule has 0 saturated heterocycles. The van der Waals surface area contributed by atoms with E-state index in [4.69, 9.17) is 0 Å². The SMILES string of the molecule is CCCCCCCCCCCCCCCCN1C(=O)C2=C(c3ccc(-c4ccc(C#N)cc4)s3)N(CCCCCCCCCCCCCCCC)C(=O)C2=C1c1ccc(-c2ccc(C#N)cc2)s1. The number of nitriles is 2. The van der Waals surface area contributed by atoms with Crippen molar-refractivity contribution in [2.75, 3.05) is 13.1 Å². The van der Waals surface area contributed by atoms with E-state index in [1.165, 1.54) is 141 Å². The van der Waals surface area contributed by atoms with Crippen molar-refractivity contribution in [2.24, 2.45) is 0 Å². The van der Waals surface area contributed by atoms with Gasteiger partial charge in [0.15, 0.2) is 0 Å². The molecule has 0 saturated carbocycles. The lowest BCUT2D eigenvalue weighted by Crippen LogP contribution is -2.30. The van der Waals surface area contributed by atoms with Crippen LogP contribution in [0.25, 0.3) is 32.3 Å². The highest BCUT2D eigenvalue weighted by Gasteiger charge is 2.49. The minimum atomic E-state index is -0.0712. The quantitative estimate of drug-likeness (QED) is 0.0436. The Hall–Kier alpha value is -4.76. The van der Waals surface area contributed by atoms with Crippen LogP contribution in [-0.2, 0) is 9.59 Å². The van der Waals surface area contributed by atoms with E-state index < -0.39 is 0 Å². The number of thiophene rings is 2. The molecule has 6 nitrogen and oxygen atoms in total. The lowest BCUT2D eigenvalue weighted by molar-refractivity contribution is -0.124. The molecule has 2 aromatic heterocycles. The summed E-state index contributed by atoms with van der Waals surface area (Å²) >= 11 is 3.22. The maximum Gasteiger partial charge on any atom is 0.261 e. The van der Waals surface area contributed by atoms with Gasteiger partial charge in [-0.2, -0.15) is 10.5 Å². The smallest absolute Gasteiger partial charge is 0.261 e. The Balaban J connectivity index is 1.17. The molecule has 362 valence electrons. The second kappa shape index (κ2) is 29.3. The predicted octanol–water partition coefficient (Wildman–Crippen LogP) is 17.7. The zero-order valence-electron chi connectivity index (χ0n) is 41.6. The van der Waals surface area contributed by atoms with Gasteiger partial charge in [-0.3, -0.25) is 9.59 Å². The highest BCUT2D eigenvalue weighted by molar-refractivity contribution is 7.17. The number of carbonyl (C=O) groups is 2. The summed E-state index contributed by atoms with van der Waals surface area (Å²) in [6, 6.07) is 28.0. The van der Waals surface area contributed by atoms with Gasteiger partial charge < -0.3 is 9.80 Å². The van der Waals surface area contributed by atoms with Crippen LogP contribution in [0.5, 0.6) is 0 Å². The van der Waals surface area contributed by atoms with Crippen molar-refractivity contribution in [1.82, 2.24) is 9.80 Å². The van der Waals surface area contributed by atoms with Crippen molar-refractivity contribution < 1.29 is 9.59 Å². The average molecular weight is 951 g/mol. The molecule has 2 aliphatic heterocycles. The van der Waals surface area contributed by atoms with Gasteiger partial charge in [-0.1, -0.05) is 205 Å². The van der Waals surface area contributed by atoms with Crippen molar-refractivity contribution in [1.29, 1.82) is 10.5 Å². The first-order valence-corrected chi connectivity index (χ1v) is 28.5. The summed E-state index contributed by atoms with van der Waals surface area (Å²) in [5, 5.41) is 18.9. The minimum absolute atomic E-state index is 0.0712. The Morgan fingerprint density at radius 2 is 0.632 bits per heavy atom. The molecule has 0 radical (unpaired) electrons. The van der Waals surface area contributed by atoms with E-state index in [-0.39, 0.29) is 11.8 Å². The fraction of sp³-hybridized carbons (Fsp3) is 0.533. The molecule has 0 aliphatic carbocycles. The summed E-state index contributed by atoms with van der Waals surface area (Å²) in [4.78, 5) is 38.0. The second-order valence-corrected chi connectivity index (χ2v) is 21.4. The molecule has 0 spiro atoms. The van der Waals surface area contributed by atoms with Crippen molar-refractivity contribution in [3.63, 3.8) is 0 Å². The van der Waals surface area contributed by atoms with E-state index in [1.54, 1.807) is 22.7 Å². The van der Waals surface area contributed by atoms with E-state index in [2.05, 4.69) is 50.3 Å². The molecular formula is C60H78N4O2S2. The molecule has 2 aliphatic rings. The fourth-order valence-electron chi connectivity index (χ4n) is 9.92. The number of nitrogens with zero attached hydrogens (tertiary/aromatic N) is 4. The maximum atomic E-state index is 15.1. The van der Waals surface area contributed by atoms with Gasteiger partial charge in [0.25, 0.3) is 11.8 Å². The third-order valence-corrected chi connectivity index (χ3v) is 16.2. The highest BCUT2D eigenvalue weighted by atomic mass is 32.1. The van der Waals surface area contributed by atoms with Crippen LogP contribution >= 0.6 is 22.7 Å². The Labute approximate surface area is 418 Å². The van der Waals surface area contributed by atoms with Gasteiger partial charge >= 0.3 is 0 Å². The van der Waals surface area contributed by atoms with Crippen molar-refractivity contribution in [2.45, 2.75) is 194 Å². The summed E-state index contributed by atoms with van der Waals surface area (Å²) in [5.74, 6) is -0.142. The number of unbranched alkanes of at least 4 members (excludes halogenated alkanes) is 26. The summed E-state index contributed by atoms with van der Waals surface area (Å²) in [6.45, 7) is 5.70. The zero-order valence-corrected chi connectivity index (χ0v) is 43.2. The molecule has 0 N–H and O–H groups in total. The van der Waals surface area contributed by atoms with Crippen molar-refractivity contribution in [3.05, 3.63) is 105 Å². The fourth-order valence-corrected chi connectivity index (χ4v) is 12.1. The Bertz CT molecular complexity index is 2150. The molecule has 6 rings (SSSR count). The number of amides is 2. The number of hydrogen-bond acceptors (Lipinski definition) is 6. The number of carbonyl (C=O) groups excluding carboxylic acids is 2. The number of benzene rings is 2. The van der Waals surface area contributed by atoms with E-state index in [1.807, 2.05) is 58.3 Å². The number of fused-ring (bicyclic) bond motifs is 1. The van der Waals surface area contributed by atoms with E-state index >= 15 is 9.59 Å². The Morgan fingerprint density at radius 1 is 0.368 bits per heavy atom. The van der Waals surface area contributed by atoms with Gasteiger partial charge in [0.2, 0.25) is 0 Å². The molecule has 2 amide bonds. The largest absolute Gasteiger partial charge is 0.306 e. The first-order valence-electron chi connectivity index (χ1n) is 26.8. The highest BCUT2D eigenvalue weighted by Crippen LogP contribution is 2.50. The van der Waals surface area contributed by atoms with Gasteiger partial charge in [0.05, 0.1) is 55.6 Å². The number of rotatable bonds is 34. The monoisotopic (exact) mass is 951 g/mol. The van der Waals surface area contributed by atoms with Crippen LogP contribution in [0.4, 0.5) is 0 Å². The molecule has 0 bridgehead atoms. The molecule has 68 heavy (non-hydrogen) atoms. The first kappa shape index (κ1) is 52.6. The molecule has 2 aromatic carbocycles. The molecule has 4 heterocycles. The van der Waals surface area contributed by atoms with E-state index in [0.717, 1.165) is 80.6 Å². The molecular weight excluding hydrogens is 873 g/mol. The zero-order chi connectivity index (χ0) is 47.8. The predicted molar refractivity (Wildman–Crippen MR) is 287 cm³/mol. The normalized spacial score (nSPS) is 13.6. The van der Waals surface area contributed by atoms with Crippen LogP contribution in [0.2, 0.25) is 0 Å². The van der Waals surface area contributed by atoms with Crippen LogP contribution in [-0.4, -0.2) is 34.7 Å². The standard InChI is InChI=1S/C60H78N4O2S2/c1-3-5-7-9-11-13-15-17-19-21-23-25-27-29-43-63-57(53-41-39-51(67-53)49-35-31-47(45-61)32-36-49)55-56(59(63)65)58(54-42-40-52(68-54)50-37-33-48(46-62)34-38-50)64(60(55)66)44-30-28-26-24-22-20-18-16-14-12-10-8-6-4-2/h31-42H,3-30,43-44H2,1-2H3. The first-order chi connectivity index (χ1) is 33.5. The maximum absolute atomic E-state index is 15.1. The lowest BCUT2D eigenvalue weighted by atomic mass is 10.0. The van der Waals surface area contributed by atoms with Crippen LogP contribution < -0.4 is 0 Å². The van der Waals surface area contributed by atoms with Gasteiger partial charge in [-0.05, 0) is 72.5 Å². The third-order valence-electron chi connectivity index (χ3n) is 13.9.